The fourth-order valence-electron chi connectivity index (χ4n) is 2.74. The van der Waals surface area contributed by atoms with Crippen molar-refractivity contribution in [1.29, 1.82) is 0 Å². The minimum absolute atomic E-state index is 0.0327. The Kier molecular flexibility index (Phi) is 13.7. The molecule has 0 amide bonds. The molecule has 0 aromatic heterocycles. The number of aliphatic hydroxyl groups is 2. The van der Waals surface area contributed by atoms with Crippen LogP contribution in [0.2, 0.25) is 0 Å². The Morgan fingerprint density at radius 2 is 1.15 bits per heavy atom. The highest BCUT2D eigenvalue weighted by Crippen LogP contribution is 2.23. The summed E-state index contributed by atoms with van der Waals surface area (Å²) in [6.45, 7) is 2.30. The molecule has 0 aromatic rings. The molecule has 0 heterocycles. The van der Waals surface area contributed by atoms with Gasteiger partial charge in [-0.3, -0.25) is 0 Å². The van der Waals surface area contributed by atoms with Crippen molar-refractivity contribution in [1.82, 2.24) is 5.48 Å². The second-order valence-electron chi connectivity index (χ2n) is 5.92. The second-order valence-corrected chi connectivity index (χ2v) is 5.92. The molecule has 0 unspecified atom stereocenters. The highest BCUT2D eigenvalue weighted by Gasteiger charge is 2.27. The Bertz CT molecular complexity index is 194. The Hall–Kier alpha value is -0.160. The van der Waals surface area contributed by atoms with Gasteiger partial charge in [-0.2, -0.15) is 5.48 Å². The van der Waals surface area contributed by atoms with Gasteiger partial charge in [-0.25, -0.2) is 0 Å². The number of nitrogens with one attached hydrogen (secondary N) is 1. The Labute approximate surface area is 124 Å². The largest absolute Gasteiger partial charge is 0.396 e. The molecule has 0 aliphatic carbocycles. The predicted octanol–water partition coefficient (Wildman–Crippen LogP) is 3.39. The van der Waals surface area contributed by atoms with Gasteiger partial charge in [0.15, 0.2) is 0 Å². The van der Waals surface area contributed by atoms with Crippen molar-refractivity contribution in [2.75, 3.05) is 13.2 Å². The second kappa shape index (κ2) is 13.8. The summed E-state index contributed by atoms with van der Waals surface area (Å²) in [4.78, 5) is 0. The minimum atomic E-state index is -0.509. The van der Waals surface area contributed by atoms with E-state index in [0.717, 1.165) is 19.3 Å². The molecule has 0 aliphatic rings. The zero-order valence-electron chi connectivity index (χ0n) is 13.2. The molecule has 4 N–H and O–H groups in total. The molecule has 20 heavy (non-hydrogen) atoms. The van der Waals surface area contributed by atoms with Crippen LogP contribution in [0.5, 0.6) is 0 Å². The summed E-state index contributed by atoms with van der Waals surface area (Å²) in [5, 5.41) is 27.4. The molecule has 122 valence electrons. The highest BCUT2D eigenvalue weighted by molar-refractivity contribution is 4.84. The lowest BCUT2D eigenvalue weighted by molar-refractivity contribution is 0.0210. The number of rotatable bonds is 15. The van der Waals surface area contributed by atoms with Gasteiger partial charge in [0.05, 0.1) is 0 Å². The maximum atomic E-state index is 9.29. The van der Waals surface area contributed by atoms with E-state index >= 15 is 0 Å². The number of hydroxylamine groups is 1. The maximum Gasteiger partial charge on any atom is 0.0473 e. The summed E-state index contributed by atoms with van der Waals surface area (Å²) in [5.74, 6) is 0. The molecule has 0 bridgehead atoms. The number of unbranched alkanes of at least 4 members (excludes halogenated alkanes) is 8. The van der Waals surface area contributed by atoms with E-state index in [0.29, 0.717) is 12.8 Å². The van der Waals surface area contributed by atoms with Crippen LogP contribution < -0.4 is 5.48 Å². The van der Waals surface area contributed by atoms with Crippen molar-refractivity contribution in [2.24, 2.45) is 0 Å². The standard InChI is InChI=1S/C16H35NO3/c1-2-3-4-5-6-7-8-9-10-11-16(17-20,12-14-18)13-15-19/h17-20H,2-15H2,1H3. The Balaban J connectivity index is 3.62. The molecule has 0 aliphatic heterocycles. The first-order valence-corrected chi connectivity index (χ1v) is 8.37. The smallest absolute Gasteiger partial charge is 0.0473 e. The molecule has 4 heteroatoms. The van der Waals surface area contributed by atoms with Crippen LogP contribution in [0.25, 0.3) is 0 Å². The van der Waals surface area contributed by atoms with E-state index in [4.69, 9.17) is 10.2 Å². The average Bonchev–Trinajstić information content (AvgIpc) is 2.46. The van der Waals surface area contributed by atoms with Crippen LogP contribution in [0, 0.1) is 0 Å². The molecule has 4 nitrogen and oxygen atoms in total. The first-order chi connectivity index (χ1) is 9.74. The van der Waals surface area contributed by atoms with Gasteiger partial charge in [-0.15, -0.1) is 0 Å². The third kappa shape index (κ3) is 9.70. The summed E-state index contributed by atoms with van der Waals surface area (Å²) in [7, 11) is 0. The van der Waals surface area contributed by atoms with Gasteiger partial charge >= 0.3 is 0 Å². The summed E-state index contributed by atoms with van der Waals surface area (Å²) < 4.78 is 0. The van der Waals surface area contributed by atoms with E-state index in [-0.39, 0.29) is 13.2 Å². The van der Waals surface area contributed by atoms with E-state index in [1.165, 1.54) is 44.9 Å². The lowest BCUT2D eigenvalue weighted by Crippen LogP contribution is -2.45. The minimum Gasteiger partial charge on any atom is -0.396 e. The van der Waals surface area contributed by atoms with Crippen LogP contribution in [-0.4, -0.2) is 34.2 Å². The number of hydrogen-bond donors (Lipinski definition) is 4. The summed E-state index contributed by atoms with van der Waals surface area (Å²) in [6.07, 6.45) is 13.2. The summed E-state index contributed by atoms with van der Waals surface area (Å²) in [6, 6.07) is 0. The van der Waals surface area contributed by atoms with Crippen LogP contribution in [0.15, 0.2) is 0 Å². The SMILES string of the molecule is CCCCCCCCCCCC(CCO)(CCO)NO. The van der Waals surface area contributed by atoms with Crippen molar-refractivity contribution in [3.05, 3.63) is 0 Å². The zero-order valence-corrected chi connectivity index (χ0v) is 13.2. The Morgan fingerprint density at radius 1 is 0.700 bits per heavy atom. The Morgan fingerprint density at radius 3 is 1.55 bits per heavy atom. The van der Waals surface area contributed by atoms with E-state index in [1.54, 1.807) is 0 Å². The number of aliphatic hydroxyl groups excluding tert-OH is 2. The first-order valence-electron chi connectivity index (χ1n) is 8.37. The van der Waals surface area contributed by atoms with Crippen molar-refractivity contribution in [3.63, 3.8) is 0 Å². The van der Waals surface area contributed by atoms with Crippen LogP contribution in [-0.2, 0) is 0 Å². The van der Waals surface area contributed by atoms with Gasteiger partial charge in [0.25, 0.3) is 0 Å². The van der Waals surface area contributed by atoms with Gasteiger partial charge in [0.1, 0.15) is 0 Å². The molecule has 0 radical (unpaired) electrons. The van der Waals surface area contributed by atoms with Crippen LogP contribution in [0.4, 0.5) is 0 Å². The third-order valence-corrected chi connectivity index (χ3v) is 4.18. The molecule has 0 saturated carbocycles. The topological polar surface area (TPSA) is 72.7 Å². The van der Waals surface area contributed by atoms with Crippen LogP contribution in [0.3, 0.4) is 0 Å². The maximum absolute atomic E-state index is 9.29. The summed E-state index contributed by atoms with van der Waals surface area (Å²) >= 11 is 0. The summed E-state index contributed by atoms with van der Waals surface area (Å²) in [5.41, 5.74) is 1.81. The van der Waals surface area contributed by atoms with Crippen molar-refractivity contribution < 1.29 is 15.4 Å². The van der Waals surface area contributed by atoms with Gasteiger partial charge in [0.2, 0.25) is 0 Å². The fourth-order valence-corrected chi connectivity index (χ4v) is 2.74. The van der Waals surface area contributed by atoms with Crippen molar-refractivity contribution in [3.8, 4) is 0 Å². The first kappa shape index (κ1) is 19.8. The van der Waals surface area contributed by atoms with Crippen molar-refractivity contribution in [2.45, 2.75) is 89.5 Å². The van der Waals surface area contributed by atoms with Crippen LogP contribution >= 0.6 is 0 Å². The van der Waals surface area contributed by atoms with E-state index in [2.05, 4.69) is 12.4 Å². The molecule has 0 spiro atoms. The molecule has 0 aromatic carbocycles. The van der Waals surface area contributed by atoms with Gasteiger partial charge in [0, 0.05) is 18.8 Å². The lowest BCUT2D eigenvalue weighted by atomic mass is 9.86. The average molecular weight is 289 g/mol. The highest BCUT2D eigenvalue weighted by atomic mass is 16.5. The van der Waals surface area contributed by atoms with Gasteiger partial charge in [-0.05, 0) is 19.3 Å². The van der Waals surface area contributed by atoms with Gasteiger partial charge < -0.3 is 15.4 Å². The number of hydrogen-bond acceptors (Lipinski definition) is 4. The normalized spacial score (nSPS) is 12.0. The molecular formula is C16H35NO3. The quantitative estimate of drug-likeness (QED) is 0.275. The molecular weight excluding hydrogens is 254 g/mol. The molecule has 0 fully saturated rings. The van der Waals surface area contributed by atoms with E-state index < -0.39 is 5.54 Å². The molecule has 0 rings (SSSR count). The predicted molar refractivity (Wildman–Crippen MR) is 82.9 cm³/mol. The van der Waals surface area contributed by atoms with E-state index in [9.17, 15) is 5.21 Å². The molecule has 0 atom stereocenters. The fraction of sp³-hybridized carbons (Fsp3) is 1.00. The third-order valence-electron chi connectivity index (χ3n) is 4.18. The monoisotopic (exact) mass is 289 g/mol. The lowest BCUT2D eigenvalue weighted by Gasteiger charge is -2.31. The van der Waals surface area contributed by atoms with Crippen molar-refractivity contribution >= 4 is 0 Å². The van der Waals surface area contributed by atoms with E-state index in [1.807, 2.05) is 0 Å². The zero-order chi connectivity index (χ0) is 15.1. The van der Waals surface area contributed by atoms with Gasteiger partial charge in [-0.1, -0.05) is 64.7 Å². The molecule has 0 saturated heterocycles. The van der Waals surface area contributed by atoms with Crippen LogP contribution in [0.1, 0.15) is 84.0 Å².